The largest absolute Gasteiger partial charge is 0.494 e. The Labute approximate surface area is 128 Å². The van der Waals surface area contributed by atoms with Crippen LogP contribution in [0, 0.1) is 0 Å². The van der Waals surface area contributed by atoms with Crippen LogP contribution in [0.2, 0.25) is 0 Å². The van der Waals surface area contributed by atoms with Crippen LogP contribution in [0.5, 0.6) is 11.5 Å². The third-order valence-corrected chi connectivity index (χ3v) is 3.16. The van der Waals surface area contributed by atoms with Gasteiger partial charge < -0.3 is 14.4 Å². The molecule has 4 nitrogen and oxygen atoms in total. The number of hydrogen-bond donors (Lipinski definition) is 0. The summed E-state index contributed by atoms with van der Waals surface area (Å²) in [7, 11) is 0. The Morgan fingerprint density at radius 3 is 1.90 bits per heavy atom. The van der Waals surface area contributed by atoms with E-state index in [0.717, 1.165) is 5.75 Å². The first kappa shape index (κ1) is 17.3. The third kappa shape index (κ3) is 4.96. The number of nitrogens with zero attached hydrogens (tertiary/aromatic N) is 1. The molecule has 0 saturated heterocycles. The Balaban J connectivity index is 2.70. The van der Waals surface area contributed by atoms with E-state index in [-0.39, 0.29) is 18.0 Å². The predicted molar refractivity (Wildman–Crippen MR) is 84.8 cm³/mol. The second-order valence-corrected chi connectivity index (χ2v) is 5.60. The molecule has 0 bridgehead atoms. The molecule has 0 aliphatic heterocycles. The minimum atomic E-state index is -0.507. The predicted octanol–water partition coefficient (Wildman–Crippen LogP) is 3.50. The first-order valence-electron chi connectivity index (χ1n) is 7.58. The molecule has 0 N–H and O–H groups in total. The van der Waals surface area contributed by atoms with Crippen LogP contribution in [0.3, 0.4) is 0 Å². The molecular weight excluding hydrogens is 266 g/mol. The quantitative estimate of drug-likeness (QED) is 0.772. The summed E-state index contributed by atoms with van der Waals surface area (Å²) in [5.74, 6) is 1.48. The van der Waals surface area contributed by atoms with Gasteiger partial charge >= 0.3 is 0 Å². The molecule has 0 radical (unpaired) electrons. The van der Waals surface area contributed by atoms with Crippen LogP contribution in [-0.4, -0.2) is 35.6 Å². The molecule has 1 unspecified atom stereocenters. The lowest BCUT2D eigenvalue weighted by Crippen LogP contribution is -2.47. The molecule has 21 heavy (non-hydrogen) atoms. The number of carbonyl (C=O) groups excluding carboxylic acids is 1. The average molecular weight is 293 g/mol. The molecule has 1 rings (SSSR count). The van der Waals surface area contributed by atoms with Crippen LogP contribution < -0.4 is 9.47 Å². The van der Waals surface area contributed by atoms with Gasteiger partial charge in [0, 0.05) is 12.1 Å². The van der Waals surface area contributed by atoms with Gasteiger partial charge in [0.05, 0.1) is 6.61 Å². The molecule has 0 spiro atoms. The molecule has 0 heterocycles. The van der Waals surface area contributed by atoms with E-state index < -0.39 is 6.10 Å². The smallest absolute Gasteiger partial charge is 0.263 e. The Morgan fingerprint density at radius 1 is 1.00 bits per heavy atom. The lowest BCUT2D eigenvalue weighted by atomic mass is 10.2. The fraction of sp³-hybridized carbons (Fsp3) is 0.588. The molecule has 1 aromatic rings. The summed E-state index contributed by atoms with van der Waals surface area (Å²) >= 11 is 0. The van der Waals surface area contributed by atoms with E-state index in [2.05, 4.69) is 0 Å². The first-order chi connectivity index (χ1) is 9.86. The zero-order chi connectivity index (χ0) is 16.0. The highest BCUT2D eigenvalue weighted by atomic mass is 16.5. The van der Waals surface area contributed by atoms with E-state index >= 15 is 0 Å². The van der Waals surface area contributed by atoms with Gasteiger partial charge in [0.1, 0.15) is 11.5 Å². The van der Waals surface area contributed by atoms with Crippen molar-refractivity contribution in [2.45, 2.75) is 59.7 Å². The Hall–Kier alpha value is -1.71. The summed E-state index contributed by atoms with van der Waals surface area (Å²) in [5.41, 5.74) is 0. The monoisotopic (exact) mass is 293 g/mol. The van der Waals surface area contributed by atoms with Crippen LogP contribution >= 0.6 is 0 Å². The van der Waals surface area contributed by atoms with Gasteiger partial charge in [-0.1, -0.05) is 0 Å². The standard InChI is InChI=1S/C17H27NO3/c1-7-20-15-8-10-16(11-9-15)21-14(6)17(19)18(12(2)3)13(4)5/h8-14H,7H2,1-6H3. The van der Waals surface area contributed by atoms with Gasteiger partial charge in [-0.05, 0) is 65.8 Å². The minimum absolute atomic E-state index is 0.00823. The van der Waals surface area contributed by atoms with Crippen molar-refractivity contribution in [3.05, 3.63) is 24.3 Å². The maximum atomic E-state index is 12.5. The zero-order valence-electron chi connectivity index (χ0n) is 13.9. The molecule has 0 aliphatic rings. The molecule has 0 fully saturated rings. The normalized spacial score (nSPS) is 12.4. The Kier molecular flexibility index (Phi) is 6.53. The Bertz CT molecular complexity index is 432. The van der Waals surface area contributed by atoms with Gasteiger partial charge in [-0.25, -0.2) is 0 Å². The van der Waals surface area contributed by atoms with E-state index in [1.165, 1.54) is 0 Å². The highest BCUT2D eigenvalue weighted by molar-refractivity contribution is 5.81. The van der Waals surface area contributed by atoms with Crippen molar-refractivity contribution < 1.29 is 14.3 Å². The number of ether oxygens (including phenoxy) is 2. The van der Waals surface area contributed by atoms with Crippen molar-refractivity contribution in [3.8, 4) is 11.5 Å². The maximum Gasteiger partial charge on any atom is 0.263 e. The lowest BCUT2D eigenvalue weighted by Gasteiger charge is -2.33. The average Bonchev–Trinajstić information content (AvgIpc) is 2.40. The highest BCUT2D eigenvalue weighted by Crippen LogP contribution is 2.19. The van der Waals surface area contributed by atoms with Crippen LogP contribution in [0.15, 0.2) is 24.3 Å². The van der Waals surface area contributed by atoms with Gasteiger partial charge in [-0.2, -0.15) is 0 Å². The van der Waals surface area contributed by atoms with Crippen molar-refractivity contribution in [3.63, 3.8) is 0 Å². The van der Waals surface area contributed by atoms with Crippen LogP contribution in [0.1, 0.15) is 41.5 Å². The highest BCUT2D eigenvalue weighted by Gasteiger charge is 2.26. The van der Waals surface area contributed by atoms with Gasteiger partial charge in [0.25, 0.3) is 5.91 Å². The summed E-state index contributed by atoms with van der Waals surface area (Å²) in [4.78, 5) is 14.3. The molecule has 1 amide bonds. The minimum Gasteiger partial charge on any atom is -0.494 e. The molecule has 1 atom stereocenters. The van der Waals surface area contributed by atoms with Crippen molar-refractivity contribution in [1.82, 2.24) is 4.90 Å². The van der Waals surface area contributed by atoms with E-state index in [9.17, 15) is 4.79 Å². The molecule has 0 aliphatic carbocycles. The van der Waals surface area contributed by atoms with Crippen molar-refractivity contribution in [2.24, 2.45) is 0 Å². The van der Waals surface area contributed by atoms with Crippen molar-refractivity contribution in [1.29, 1.82) is 0 Å². The second-order valence-electron chi connectivity index (χ2n) is 5.60. The van der Waals surface area contributed by atoms with E-state index in [1.807, 2.05) is 63.8 Å². The summed E-state index contributed by atoms with van der Waals surface area (Å²) in [5, 5.41) is 0. The lowest BCUT2D eigenvalue weighted by molar-refractivity contribution is -0.141. The van der Waals surface area contributed by atoms with E-state index in [4.69, 9.17) is 9.47 Å². The third-order valence-electron chi connectivity index (χ3n) is 3.16. The van der Waals surface area contributed by atoms with E-state index in [0.29, 0.717) is 12.4 Å². The fourth-order valence-electron chi connectivity index (χ4n) is 2.35. The summed E-state index contributed by atoms with van der Waals surface area (Å²) < 4.78 is 11.1. The molecule has 4 heteroatoms. The summed E-state index contributed by atoms with van der Waals surface area (Å²) in [6, 6.07) is 7.65. The molecule has 118 valence electrons. The number of benzene rings is 1. The van der Waals surface area contributed by atoms with Gasteiger partial charge in [-0.3, -0.25) is 4.79 Å². The Morgan fingerprint density at radius 2 is 1.48 bits per heavy atom. The van der Waals surface area contributed by atoms with Gasteiger partial charge in [0.15, 0.2) is 6.10 Å². The summed E-state index contributed by atoms with van der Waals surface area (Å²) in [6.45, 7) is 12.4. The molecular formula is C17H27NO3. The van der Waals surface area contributed by atoms with Crippen molar-refractivity contribution >= 4 is 5.91 Å². The van der Waals surface area contributed by atoms with Crippen molar-refractivity contribution in [2.75, 3.05) is 6.61 Å². The SMILES string of the molecule is CCOc1ccc(OC(C)C(=O)N(C(C)C)C(C)C)cc1. The van der Waals surface area contributed by atoms with E-state index in [1.54, 1.807) is 6.92 Å². The number of carbonyl (C=O) groups is 1. The second kappa shape index (κ2) is 7.91. The van der Waals surface area contributed by atoms with Crippen LogP contribution in [0.25, 0.3) is 0 Å². The molecule has 0 aromatic heterocycles. The topological polar surface area (TPSA) is 38.8 Å². The van der Waals surface area contributed by atoms with Gasteiger partial charge in [0.2, 0.25) is 0 Å². The van der Waals surface area contributed by atoms with Crippen LogP contribution in [0.4, 0.5) is 0 Å². The first-order valence-corrected chi connectivity index (χ1v) is 7.58. The van der Waals surface area contributed by atoms with Gasteiger partial charge in [-0.15, -0.1) is 0 Å². The number of amides is 1. The summed E-state index contributed by atoms with van der Waals surface area (Å²) in [6.07, 6.45) is -0.507. The number of rotatable bonds is 7. The maximum absolute atomic E-state index is 12.5. The van der Waals surface area contributed by atoms with Crippen LogP contribution in [-0.2, 0) is 4.79 Å². The fourth-order valence-corrected chi connectivity index (χ4v) is 2.35. The molecule has 0 saturated carbocycles. The zero-order valence-corrected chi connectivity index (χ0v) is 13.9. The molecule has 1 aromatic carbocycles. The number of hydrogen-bond acceptors (Lipinski definition) is 3.